The zero-order valence-electron chi connectivity index (χ0n) is 10.8. The van der Waals surface area contributed by atoms with Crippen LogP contribution in [0.3, 0.4) is 0 Å². The Balaban J connectivity index is 2.20. The predicted octanol–water partition coefficient (Wildman–Crippen LogP) is 3.23. The molecule has 0 atom stereocenters. The van der Waals surface area contributed by atoms with Crippen molar-refractivity contribution in [1.29, 1.82) is 0 Å². The molecule has 0 aromatic heterocycles. The predicted molar refractivity (Wildman–Crippen MR) is 74.1 cm³/mol. The number of rotatable bonds is 4. The van der Waals surface area contributed by atoms with Gasteiger partial charge in [-0.05, 0) is 30.3 Å². The van der Waals surface area contributed by atoms with Gasteiger partial charge in [0.2, 0.25) is 0 Å². The Hall–Kier alpha value is -2.49. The van der Waals surface area contributed by atoms with Crippen LogP contribution < -0.4 is 10.1 Å². The van der Waals surface area contributed by atoms with E-state index in [0.717, 1.165) is 17.1 Å². The van der Waals surface area contributed by atoms with Gasteiger partial charge in [-0.1, -0.05) is 12.1 Å². The quantitative estimate of drug-likeness (QED) is 0.854. The number of hydrogen-bond acceptors (Lipinski definition) is 4. The molecule has 0 fully saturated rings. The molecule has 98 valence electrons. The van der Waals surface area contributed by atoms with Gasteiger partial charge in [0.1, 0.15) is 5.75 Å². The first-order chi connectivity index (χ1) is 9.22. The van der Waals surface area contributed by atoms with E-state index in [1.165, 1.54) is 7.11 Å². The van der Waals surface area contributed by atoms with Gasteiger partial charge in [-0.2, -0.15) is 0 Å². The van der Waals surface area contributed by atoms with Crippen molar-refractivity contribution in [2.75, 3.05) is 19.5 Å². The van der Waals surface area contributed by atoms with Crippen molar-refractivity contribution in [1.82, 2.24) is 0 Å². The first-order valence-corrected chi connectivity index (χ1v) is 5.82. The lowest BCUT2D eigenvalue weighted by Gasteiger charge is -2.09. The summed E-state index contributed by atoms with van der Waals surface area (Å²) in [4.78, 5) is 11.4. The van der Waals surface area contributed by atoms with E-state index in [1.807, 2.05) is 30.3 Å². The summed E-state index contributed by atoms with van der Waals surface area (Å²) in [5.74, 6) is 0.420. The Morgan fingerprint density at radius 1 is 1.00 bits per heavy atom. The highest BCUT2D eigenvalue weighted by molar-refractivity contribution is 5.90. The van der Waals surface area contributed by atoms with Crippen molar-refractivity contribution in [2.24, 2.45) is 0 Å². The molecule has 4 heteroatoms. The second-order valence-electron chi connectivity index (χ2n) is 3.93. The Morgan fingerprint density at radius 2 is 1.68 bits per heavy atom. The summed E-state index contributed by atoms with van der Waals surface area (Å²) >= 11 is 0. The largest absolute Gasteiger partial charge is 0.497 e. The lowest BCUT2D eigenvalue weighted by atomic mass is 10.2. The molecule has 0 radical (unpaired) electrons. The third kappa shape index (κ3) is 3.25. The number of nitrogens with one attached hydrogen (secondary N) is 1. The van der Waals surface area contributed by atoms with Crippen molar-refractivity contribution < 1.29 is 14.3 Å². The Bertz CT molecular complexity index is 581. The first-order valence-electron chi connectivity index (χ1n) is 5.82. The fraction of sp³-hybridized carbons (Fsp3) is 0.133. The number of esters is 1. The van der Waals surface area contributed by atoms with Crippen molar-refractivity contribution in [2.45, 2.75) is 0 Å². The van der Waals surface area contributed by atoms with Crippen LogP contribution in [0, 0.1) is 0 Å². The SMILES string of the molecule is COC(=O)c1cccc(Nc2cccc(OC)c2)c1. The standard InChI is InChI=1S/C15H15NO3/c1-18-14-8-4-7-13(10-14)16-12-6-3-5-11(9-12)15(17)19-2/h3-10,16H,1-2H3. The van der Waals surface area contributed by atoms with Gasteiger partial charge in [-0.3, -0.25) is 0 Å². The van der Waals surface area contributed by atoms with Crippen LogP contribution in [0.5, 0.6) is 5.75 Å². The van der Waals surface area contributed by atoms with Gasteiger partial charge in [0.05, 0.1) is 19.8 Å². The molecule has 2 aromatic carbocycles. The normalized spacial score (nSPS) is 9.79. The van der Waals surface area contributed by atoms with Crippen LogP contribution in [0.4, 0.5) is 11.4 Å². The van der Waals surface area contributed by atoms with E-state index in [9.17, 15) is 4.79 Å². The van der Waals surface area contributed by atoms with E-state index >= 15 is 0 Å². The maximum Gasteiger partial charge on any atom is 0.337 e. The Kier molecular flexibility index (Phi) is 4.03. The van der Waals surface area contributed by atoms with Crippen LogP contribution in [-0.2, 0) is 4.74 Å². The zero-order valence-corrected chi connectivity index (χ0v) is 10.8. The molecule has 0 saturated carbocycles. The lowest BCUT2D eigenvalue weighted by molar-refractivity contribution is 0.0601. The number of carbonyl (C=O) groups excluding carboxylic acids is 1. The molecule has 2 rings (SSSR count). The third-order valence-electron chi connectivity index (χ3n) is 2.64. The molecule has 19 heavy (non-hydrogen) atoms. The van der Waals surface area contributed by atoms with Crippen LogP contribution in [0.1, 0.15) is 10.4 Å². The molecule has 0 aliphatic heterocycles. The minimum absolute atomic E-state index is 0.353. The van der Waals surface area contributed by atoms with E-state index in [2.05, 4.69) is 5.32 Å². The summed E-state index contributed by atoms with van der Waals surface area (Å²) in [6, 6.07) is 14.7. The molecule has 0 aliphatic carbocycles. The van der Waals surface area contributed by atoms with Crippen LogP contribution in [0.2, 0.25) is 0 Å². The molecule has 0 bridgehead atoms. The maximum absolute atomic E-state index is 11.4. The third-order valence-corrected chi connectivity index (χ3v) is 2.64. The zero-order chi connectivity index (χ0) is 13.7. The van der Waals surface area contributed by atoms with Crippen molar-refractivity contribution in [3.8, 4) is 5.75 Å². The van der Waals surface area contributed by atoms with Gasteiger partial charge in [0, 0.05) is 17.4 Å². The van der Waals surface area contributed by atoms with E-state index in [4.69, 9.17) is 9.47 Å². The molecular formula is C15H15NO3. The summed E-state index contributed by atoms with van der Waals surface area (Å²) in [7, 11) is 2.99. The number of anilines is 2. The summed E-state index contributed by atoms with van der Waals surface area (Å²) in [5, 5.41) is 3.21. The fourth-order valence-corrected chi connectivity index (χ4v) is 1.71. The highest BCUT2D eigenvalue weighted by Crippen LogP contribution is 2.22. The molecule has 4 nitrogen and oxygen atoms in total. The maximum atomic E-state index is 11.4. The molecule has 0 saturated heterocycles. The lowest BCUT2D eigenvalue weighted by Crippen LogP contribution is -2.01. The summed E-state index contributed by atoms with van der Waals surface area (Å²) in [5.41, 5.74) is 2.22. The number of benzene rings is 2. The summed E-state index contributed by atoms with van der Waals surface area (Å²) in [6.07, 6.45) is 0. The number of hydrogen-bond donors (Lipinski definition) is 1. The second kappa shape index (κ2) is 5.91. The average Bonchev–Trinajstić information content (AvgIpc) is 2.47. The highest BCUT2D eigenvalue weighted by atomic mass is 16.5. The van der Waals surface area contributed by atoms with Crippen LogP contribution in [0.15, 0.2) is 48.5 Å². The molecule has 1 N–H and O–H groups in total. The van der Waals surface area contributed by atoms with Gasteiger partial charge in [-0.25, -0.2) is 4.79 Å². The van der Waals surface area contributed by atoms with Crippen LogP contribution in [-0.4, -0.2) is 20.2 Å². The topological polar surface area (TPSA) is 47.6 Å². The molecule has 0 aliphatic rings. The number of methoxy groups -OCH3 is 2. The van der Waals surface area contributed by atoms with E-state index in [0.29, 0.717) is 5.56 Å². The fourth-order valence-electron chi connectivity index (χ4n) is 1.71. The molecule has 2 aromatic rings. The van der Waals surface area contributed by atoms with Crippen LogP contribution >= 0.6 is 0 Å². The molecule has 0 spiro atoms. The molecule has 0 amide bonds. The van der Waals surface area contributed by atoms with Gasteiger partial charge in [-0.15, -0.1) is 0 Å². The van der Waals surface area contributed by atoms with Crippen LogP contribution in [0.25, 0.3) is 0 Å². The minimum atomic E-state index is -0.353. The second-order valence-corrected chi connectivity index (χ2v) is 3.93. The monoisotopic (exact) mass is 257 g/mol. The van der Waals surface area contributed by atoms with E-state index in [-0.39, 0.29) is 5.97 Å². The highest BCUT2D eigenvalue weighted by Gasteiger charge is 2.05. The average molecular weight is 257 g/mol. The first kappa shape index (κ1) is 13.0. The number of carbonyl (C=O) groups is 1. The number of ether oxygens (including phenoxy) is 2. The van der Waals surface area contributed by atoms with E-state index in [1.54, 1.807) is 25.3 Å². The summed E-state index contributed by atoms with van der Waals surface area (Å²) < 4.78 is 9.85. The van der Waals surface area contributed by atoms with Crippen molar-refractivity contribution in [3.05, 3.63) is 54.1 Å². The van der Waals surface area contributed by atoms with Gasteiger partial charge < -0.3 is 14.8 Å². The minimum Gasteiger partial charge on any atom is -0.497 e. The van der Waals surface area contributed by atoms with Gasteiger partial charge in [0.15, 0.2) is 0 Å². The summed E-state index contributed by atoms with van der Waals surface area (Å²) in [6.45, 7) is 0. The smallest absolute Gasteiger partial charge is 0.337 e. The van der Waals surface area contributed by atoms with E-state index < -0.39 is 0 Å². The Labute approximate surface area is 112 Å². The molecular weight excluding hydrogens is 242 g/mol. The molecule has 0 unspecified atom stereocenters. The van der Waals surface area contributed by atoms with Crippen molar-refractivity contribution >= 4 is 17.3 Å². The Morgan fingerprint density at radius 3 is 2.37 bits per heavy atom. The van der Waals surface area contributed by atoms with Gasteiger partial charge in [0.25, 0.3) is 0 Å². The van der Waals surface area contributed by atoms with Gasteiger partial charge >= 0.3 is 5.97 Å². The molecule has 0 heterocycles. The van der Waals surface area contributed by atoms with Crippen molar-refractivity contribution in [3.63, 3.8) is 0 Å².